The Kier molecular flexibility index (Phi) is 6.04. The molecule has 0 spiro atoms. The van der Waals surface area contributed by atoms with Gasteiger partial charge in [-0.2, -0.15) is 0 Å². The zero-order chi connectivity index (χ0) is 19.9. The van der Waals surface area contributed by atoms with Crippen LogP contribution < -0.4 is 0 Å². The molecule has 0 aliphatic carbocycles. The number of fused-ring (bicyclic) bond motifs is 1. The molecule has 0 aromatic heterocycles. The minimum atomic E-state index is 0.822. The number of hydrogen-bond acceptors (Lipinski definition) is 0. The molecule has 0 fully saturated rings. The van der Waals surface area contributed by atoms with E-state index in [0.29, 0.717) is 0 Å². The van der Waals surface area contributed by atoms with Crippen molar-refractivity contribution in [2.45, 2.75) is 0 Å². The van der Waals surface area contributed by atoms with Crippen LogP contribution in [0.4, 0.5) is 0 Å². The molecule has 0 amide bonds. The van der Waals surface area contributed by atoms with Crippen molar-refractivity contribution >= 4 is 22.4 Å². The highest BCUT2D eigenvalue weighted by Crippen LogP contribution is 2.31. The molecular formula is C28H21Cl. The van der Waals surface area contributed by atoms with E-state index >= 15 is 0 Å². The Morgan fingerprint density at radius 1 is 0.379 bits per heavy atom. The molecule has 29 heavy (non-hydrogen) atoms. The van der Waals surface area contributed by atoms with Gasteiger partial charge in [0.2, 0.25) is 0 Å². The van der Waals surface area contributed by atoms with Gasteiger partial charge in [-0.05, 0) is 33.7 Å². The lowest BCUT2D eigenvalue weighted by Crippen LogP contribution is -1.83. The fourth-order valence-corrected chi connectivity index (χ4v) is 3.65. The highest BCUT2D eigenvalue weighted by atomic mass is 35.5. The molecule has 0 aliphatic rings. The highest BCUT2D eigenvalue weighted by molar-refractivity contribution is 6.35. The summed E-state index contributed by atoms with van der Waals surface area (Å²) in [4.78, 5) is 0. The molecule has 0 saturated carbocycles. The molecule has 0 bridgehead atoms. The van der Waals surface area contributed by atoms with Gasteiger partial charge in [0, 0.05) is 10.4 Å². The maximum absolute atomic E-state index is 5.96. The van der Waals surface area contributed by atoms with Crippen LogP contribution in [0.2, 0.25) is 5.02 Å². The Morgan fingerprint density at radius 3 is 1.38 bits per heavy atom. The average molecular weight is 393 g/mol. The van der Waals surface area contributed by atoms with Crippen LogP contribution in [0.25, 0.3) is 33.0 Å². The van der Waals surface area contributed by atoms with Gasteiger partial charge in [0.15, 0.2) is 0 Å². The Balaban J connectivity index is 0.000000159. The van der Waals surface area contributed by atoms with Crippen molar-refractivity contribution in [2.75, 3.05) is 0 Å². The quantitative estimate of drug-likeness (QED) is 0.282. The summed E-state index contributed by atoms with van der Waals surface area (Å²) in [5, 5.41) is 3.14. The third kappa shape index (κ3) is 4.56. The van der Waals surface area contributed by atoms with Crippen molar-refractivity contribution in [1.29, 1.82) is 0 Å². The van der Waals surface area contributed by atoms with Gasteiger partial charge >= 0.3 is 0 Å². The lowest BCUT2D eigenvalue weighted by atomic mass is 9.95. The van der Waals surface area contributed by atoms with Crippen molar-refractivity contribution in [3.8, 4) is 22.3 Å². The summed E-state index contributed by atoms with van der Waals surface area (Å²) in [6.45, 7) is 0. The van der Waals surface area contributed by atoms with Crippen LogP contribution in [0, 0.1) is 0 Å². The van der Waals surface area contributed by atoms with E-state index in [1.54, 1.807) is 0 Å². The fraction of sp³-hybridized carbons (Fsp3) is 0. The molecule has 0 N–H and O–H groups in total. The van der Waals surface area contributed by atoms with Crippen molar-refractivity contribution in [1.82, 2.24) is 0 Å². The van der Waals surface area contributed by atoms with Crippen LogP contribution in [0.15, 0.2) is 127 Å². The standard InChI is InChI=1S/C18H14.C10H7Cl/c1-3-9-15(10-4-1)17-13-7-8-14-18(17)16-11-5-2-6-12-16;11-10-7-3-5-8-4-1-2-6-9(8)10/h1-14H;1-7H. The fourth-order valence-electron chi connectivity index (χ4n) is 3.41. The predicted molar refractivity (Wildman–Crippen MR) is 126 cm³/mol. The summed E-state index contributed by atoms with van der Waals surface area (Å²) in [5.41, 5.74) is 5.09. The first kappa shape index (κ1) is 19.0. The van der Waals surface area contributed by atoms with Crippen molar-refractivity contribution < 1.29 is 0 Å². The van der Waals surface area contributed by atoms with Gasteiger partial charge in [-0.15, -0.1) is 0 Å². The Labute approximate surface area is 177 Å². The second-order valence-corrected chi connectivity index (χ2v) is 7.15. The molecular weight excluding hydrogens is 372 g/mol. The molecule has 0 radical (unpaired) electrons. The Hall–Kier alpha value is -3.35. The molecule has 1 heteroatoms. The van der Waals surface area contributed by atoms with E-state index in [4.69, 9.17) is 11.6 Å². The van der Waals surface area contributed by atoms with E-state index < -0.39 is 0 Å². The second-order valence-electron chi connectivity index (χ2n) is 6.74. The van der Waals surface area contributed by atoms with Crippen LogP contribution in [-0.2, 0) is 0 Å². The molecule has 0 aliphatic heterocycles. The average Bonchev–Trinajstić information content (AvgIpc) is 2.81. The normalized spacial score (nSPS) is 10.2. The highest BCUT2D eigenvalue weighted by Gasteiger charge is 2.05. The molecule has 5 aromatic carbocycles. The number of halogens is 1. The van der Waals surface area contributed by atoms with E-state index in [0.717, 1.165) is 10.4 Å². The lowest BCUT2D eigenvalue weighted by molar-refractivity contribution is 1.58. The maximum Gasteiger partial charge on any atom is 0.0484 e. The van der Waals surface area contributed by atoms with E-state index in [2.05, 4.69) is 97.1 Å². The van der Waals surface area contributed by atoms with Gasteiger partial charge in [0.05, 0.1) is 0 Å². The van der Waals surface area contributed by atoms with Gasteiger partial charge in [-0.25, -0.2) is 0 Å². The number of rotatable bonds is 2. The first-order valence-electron chi connectivity index (χ1n) is 9.66. The first-order chi connectivity index (χ1) is 14.3. The number of benzene rings is 5. The molecule has 0 saturated heterocycles. The van der Waals surface area contributed by atoms with Gasteiger partial charge in [0.25, 0.3) is 0 Å². The molecule has 0 nitrogen and oxygen atoms in total. The van der Waals surface area contributed by atoms with E-state index in [1.165, 1.54) is 27.6 Å². The molecule has 0 atom stereocenters. The van der Waals surface area contributed by atoms with Gasteiger partial charge in [-0.1, -0.05) is 133 Å². The summed E-state index contributed by atoms with van der Waals surface area (Å²) in [7, 11) is 0. The van der Waals surface area contributed by atoms with Crippen molar-refractivity contribution in [2.24, 2.45) is 0 Å². The van der Waals surface area contributed by atoms with E-state index in [-0.39, 0.29) is 0 Å². The topological polar surface area (TPSA) is 0 Å². The summed E-state index contributed by atoms with van der Waals surface area (Å²) in [5.74, 6) is 0. The van der Waals surface area contributed by atoms with Crippen LogP contribution >= 0.6 is 11.6 Å². The Morgan fingerprint density at radius 2 is 0.828 bits per heavy atom. The van der Waals surface area contributed by atoms with Gasteiger partial charge in [-0.3, -0.25) is 0 Å². The van der Waals surface area contributed by atoms with Gasteiger partial charge < -0.3 is 0 Å². The molecule has 5 aromatic rings. The predicted octanol–water partition coefficient (Wildman–Crippen LogP) is 8.51. The van der Waals surface area contributed by atoms with Crippen LogP contribution in [0.5, 0.6) is 0 Å². The van der Waals surface area contributed by atoms with Crippen molar-refractivity contribution in [3.05, 3.63) is 132 Å². The lowest BCUT2D eigenvalue weighted by Gasteiger charge is -2.09. The second kappa shape index (κ2) is 9.23. The molecule has 5 rings (SSSR count). The van der Waals surface area contributed by atoms with Crippen molar-refractivity contribution in [3.63, 3.8) is 0 Å². The summed E-state index contributed by atoms with van der Waals surface area (Å²) in [6, 6.07) is 43.6. The molecule has 0 heterocycles. The zero-order valence-corrected chi connectivity index (χ0v) is 16.8. The van der Waals surface area contributed by atoms with Crippen LogP contribution in [0.3, 0.4) is 0 Å². The summed E-state index contributed by atoms with van der Waals surface area (Å²) in [6.07, 6.45) is 0. The minimum absolute atomic E-state index is 0.822. The van der Waals surface area contributed by atoms with Crippen LogP contribution in [0.1, 0.15) is 0 Å². The first-order valence-corrected chi connectivity index (χ1v) is 10.0. The largest absolute Gasteiger partial charge is 0.0837 e. The SMILES string of the molecule is Clc1cccc2ccccc12.c1ccc(-c2ccccc2-c2ccccc2)cc1. The van der Waals surface area contributed by atoms with E-state index in [1.807, 2.05) is 30.3 Å². The monoisotopic (exact) mass is 392 g/mol. The number of hydrogen-bond donors (Lipinski definition) is 0. The summed E-state index contributed by atoms with van der Waals surface area (Å²) >= 11 is 5.96. The third-order valence-corrected chi connectivity index (χ3v) is 5.16. The van der Waals surface area contributed by atoms with E-state index in [9.17, 15) is 0 Å². The molecule has 0 unspecified atom stereocenters. The van der Waals surface area contributed by atoms with Crippen LogP contribution in [-0.4, -0.2) is 0 Å². The Bertz CT molecular complexity index is 1130. The smallest absolute Gasteiger partial charge is 0.0484 e. The summed E-state index contributed by atoms with van der Waals surface area (Å²) < 4.78 is 0. The maximum atomic E-state index is 5.96. The third-order valence-electron chi connectivity index (χ3n) is 4.83. The zero-order valence-electron chi connectivity index (χ0n) is 16.0. The molecule has 140 valence electrons. The van der Waals surface area contributed by atoms with Gasteiger partial charge in [0.1, 0.15) is 0 Å². The minimum Gasteiger partial charge on any atom is -0.0837 e.